The molecule has 3 rings (SSSR count). The first-order valence-corrected chi connectivity index (χ1v) is 9.13. The fraction of sp³-hybridized carbons (Fsp3) is 0.474. The number of anilines is 1. The molecule has 0 N–H and O–H groups in total. The van der Waals surface area contributed by atoms with Crippen molar-refractivity contribution < 1.29 is 19.1 Å². The highest BCUT2D eigenvalue weighted by molar-refractivity contribution is 6.30. The first-order chi connectivity index (χ1) is 12.9. The van der Waals surface area contributed by atoms with E-state index in [2.05, 4.69) is 21.8 Å². The van der Waals surface area contributed by atoms with Gasteiger partial charge in [-0.25, -0.2) is 9.97 Å². The lowest BCUT2D eigenvalue weighted by molar-refractivity contribution is -0.159. The van der Waals surface area contributed by atoms with E-state index in [1.54, 1.807) is 25.4 Å². The number of pyridine rings is 2. The van der Waals surface area contributed by atoms with Crippen LogP contribution in [0.2, 0.25) is 5.15 Å². The molecule has 2 aromatic heterocycles. The van der Waals surface area contributed by atoms with Crippen molar-refractivity contribution in [3.63, 3.8) is 0 Å². The molecule has 27 heavy (non-hydrogen) atoms. The number of halogens is 1. The summed E-state index contributed by atoms with van der Waals surface area (Å²) in [4.78, 5) is 35.4. The van der Waals surface area contributed by atoms with E-state index in [-0.39, 0.29) is 0 Å². The fourth-order valence-corrected chi connectivity index (χ4v) is 3.64. The standard InChI is InChI=1S/C19H22ClN3O4/c1-10-5-6-23(10)17-14-9-21-15(20)7-12(14)13(8-22-17)11(2)16(18(24)26-3)19(25)27-4/h7-11,16H,5-6H2,1-4H3/t10-,11?/m1/s1. The van der Waals surface area contributed by atoms with Crippen molar-refractivity contribution in [2.45, 2.75) is 32.2 Å². The van der Waals surface area contributed by atoms with Crippen LogP contribution in [0.3, 0.4) is 0 Å². The monoisotopic (exact) mass is 391 g/mol. The minimum Gasteiger partial charge on any atom is -0.468 e. The van der Waals surface area contributed by atoms with E-state index in [0.717, 1.165) is 29.6 Å². The third kappa shape index (κ3) is 3.43. The summed E-state index contributed by atoms with van der Waals surface area (Å²) in [7, 11) is 2.49. The first-order valence-electron chi connectivity index (χ1n) is 8.75. The van der Waals surface area contributed by atoms with Gasteiger partial charge in [0.25, 0.3) is 0 Å². The van der Waals surface area contributed by atoms with Crippen LogP contribution in [0.1, 0.15) is 31.7 Å². The molecule has 1 aliphatic rings. The summed E-state index contributed by atoms with van der Waals surface area (Å²) in [5.74, 6) is -2.07. The van der Waals surface area contributed by atoms with Gasteiger partial charge in [-0.15, -0.1) is 0 Å². The van der Waals surface area contributed by atoms with E-state index in [9.17, 15) is 9.59 Å². The molecule has 0 aromatic carbocycles. The Morgan fingerprint density at radius 2 is 1.85 bits per heavy atom. The van der Waals surface area contributed by atoms with Crippen LogP contribution in [0.25, 0.3) is 10.8 Å². The van der Waals surface area contributed by atoms with Gasteiger partial charge in [0, 0.05) is 36.3 Å². The molecule has 144 valence electrons. The number of esters is 2. The van der Waals surface area contributed by atoms with Gasteiger partial charge in [0.1, 0.15) is 11.0 Å². The van der Waals surface area contributed by atoms with Gasteiger partial charge in [-0.1, -0.05) is 18.5 Å². The molecule has 8 heteroatoms. The van der Waals surface area contributed by atoms with Crippen molar-refractivity contribution in [3.8, 4) is 0 Å². The second-order valence-corrected chi connectivity index (χ2v) is 7.12. The second kappa shape index (κ2) is 7.68. The molecule has 1 saturated heterocycles. The van der Waals surface area contributed by atoms with Crippen molar-refractivity contribution in [3.05, 3.63) is 29.2 Å². The number of fused-ring (bicyclic) bond motifs is 1. The highest BCUT2D eigenvalue weighted by atomic mass is 35.5. The van der Waals surface area contributed by atoms with Crippen molar-refractivity contribution >= 4 is 40.1 Å². The molecule has 0 saturated carbocycles. The molecule has 0 bridgehead atoms. The number of carbonyl (C=O) groups is 2. The number of methoxy groups -OCH3 is 2. The predicted molar refractivity (Wildman–Crippen MR) is 102 cm³/mol. The van der Waals surface area contributed by atoms with Crippen LogP contribution in [0.4, 0.5) is 5.82 Å². The maximum atomic E-state index is 12.2. The van der Waals surface area contributed by atoms with Gasteiger partial charge in [0.05, 0.1) is 14.2 Å². The Morgan fingerprint density at radius 3 is 2.37 bits per heavy atom. The highest BCUT2D eigenvalue weighted by Crippen LogP contribution is 2.37. The van der Waals surface area contributed by atoms with E-state index in [1.807, 2.05) is 0 Å². The van der Waals surface area contributed by atoms with Crippen LogP contribution in [0.15, 0.2) is 18.5 Å². The summed E-state index contributed by atoms with van der Waals surface area (Å²) in [6, 6.07) is 2.14. The van der Waals surface area contributed by atoms with Crippen LogP contribution in [0.5, 0.6) is 0 Å². The predicted octanol–water partition coefficient (Wildman–Crippen LogP) is 2.95. The van der Waals surface area contributed by atoms with Gasteiger partial charge >= 0.3 is 11.9 Å². The minimum atomic E-state index is -1.09. The number of rotatable bonds is 5. The molecule has 1 aliphatic heterocycles. The number of hydrogen-bond acceptors (Lipinski definition) is 7. The number of nitrogens with zero attached hydrogens (tertiary/aromatic N) is 3. The van der Waals surface area contributed by atoms with Gasteiger partial charge in [-0.3, -0.25) is 9.59 Å². The molecule has 0 aliphatic carbocycles. The summed E-state index contributed by atoms with van der Waals surface area (Å²) in [5, 5.41) is 1.98. The highest BCUT2D eigenvalue weighted by Gasteiger charge is 2.37. The summed E-state index contributed by atoms with van der Waals surface area (Å²) < 4.78 is 9.62. The van der Waals surface area contributed by atoms with E-state index in [1.165, 1.54) is 14.2 Å². The van der Waals surface area contributed by atoms with Crippen LogP contribution >= 0.6 is 11.6 Å². The van der Waals surface area contributed by atoms with Gasteiger partial charge in [0.2, 0.25) is 0 Å². The Balaban J connectivity index is 2.13. The maximum absolute atomic E-state index is 12.2. The minimum absolute atomic E-state index is 0.331. The average Bonchev–Trinajstić information content (AvgIpc) is 2.66. The zero-order valence-corrected chi connectivity index (χ0v) is 16.5. The van der Waals surface area contributed by atoms with E-state index in [0.29, 0.717) is 16.8 Å². The van der Waals surface area contributed by atoms with Crippen LogP contribution in [0, 0.1) is 5.92 Å². The molecule has 2 aromatic rings. The quantitative estimate of drug-likeness (QED) is 0.440. The van der Waals surface area contributed by atoms with Crippen molar-refractivity contribution in [2.75, 3.05) is 25.7 Å². The molecule has 1 fully saturated rings. The third-order valence-electron chi connectivity index (χ3n) is 5.24. The number of aromatic nitrogens is 2. The normalized spacial score (nSPS) is 17.6. The average molecular weight is 392 g/mol. The van der Waals surface area contributed by atoms with Crippen LogP contribution in [-0.2, 0) is 19.1 Å². The van der Waals surface area contributed by atoms with Crippen molar-refractivity contribution in [1.82, 2.24) is 9.97 Å². The summed E-state index contributed by atoms with van der Waals surface area (Å²) in [5.41, 5.74) is 0.715. The van der Waals surface area contributed by atoms with Crippen molar-refractivity contribution in [1.29, 1.82) is 0 Å². The van der Waals surface area contributed by atoms with Gasteiger partial charge in [0.15, 0.2) is 5.92 Å². The lowest BCUT2D eigenvalue weighted by Crippen LogP contribution is -2.46. The molecule has 1 unspecified atom stereocenters. The Kier molecular flexibility index (Phi) is 5.51. The van der Waals surface area contributed by atoms with E-state index >= 15 is 0 Å². The number of hydrogen-bond donors (Lipinski definition) is 0. The Labute approximate surface area is 162 Å². The third-order valence-corrected chi connectivity index (χ3v) is 5.45. The Hall–Kier alpha value is -2.41. The molecular weight excluding hydrogens is 370 g/mol. The second-order valence-electron chi connectivity index (χ2n) is 6.73. The Bertz CT molecular complexity index is 873. The van der Waals surface area contributed by atoms with Crippen LogP contribution < -0.4 is 4.90 Å². The summed E-state index contributed by atoms with van der Waals surface area (Å²) in [6.07, 6.45) is 4.49. The maximum Gasteiger partial charge on any atom is 0.320 e. The lowest BCUT2D eigenvalue weighted by atomic mass is 9.86. The van der Waals surface area contributed by atoms with Gasteiger partial charge in [-0.2, -0.15) is 0 Å². The lowest BCUT2D eigenvalue weighted by Gasteiger charge is -2.40. The summed E-state index contributed by atoms with van der Waals surface area (Å²) >= 11 is 6.13. The smallest absolute Gasteiger partial charge is 0.320 e. The van der Waals surface area contributed by atoms with E-state index in [4.69, 9.17) is 21.1 Å². The van der Waals surface area contributed by atoms with Gasteiger partial charge in [-0.05, 0) is 30.4 Å². The topological polar surface area (TPSA) is 81.6 Å². The molecule has 7 nitrogen and oxygen atoms in total. The van der Waals surface area contributed by atoms with Crippen LogP contribution in [-0.4, -0.2) is 48.7 Å². The SMILES string of the molecule is COC(=O)C(C(=O)OC)C(C)c1cnc(N2CC[C@H]2C)c2cnc(Cl)cc12. The number of ether oxygens (including phenoxy) is 2. The molecule has 0 amide bonds. The molecular formula is C19H22ClN3O4. The fourth-order valence-electron chi connectivity index (χ4n) is 3.48. The van der Waals surface area contributed by atoms with Crippen molar-refractivity contribution in [2.24, 2.45) is 5.92 Å². The molecule has 0 radical (unpaired) electrons. The molecule has 3 heterocycles. The van der Waals surface area contributed by atoms with Gasteiger partial charge < -0.3 is 14.4 Å². The van der Waals surface area contributed by atoms with E-state index < -0.39 is 23.8 Å². The zero-order chi connectivity index (χ0) is 19.7. The molecule has 0 spiro atoms. The molecule has 2 atom stereocenters. The summed E-state index contributed by atoms with van der Waals surface area (Å²) in [6.45, 7) is 4.84. The Morgan fingerprint density at radius 1 is 1.19 bits per heavy atom. The first kappa shape index (κ1) is 19.4. The largest absolute Gasteiger partial charge is 0.468 e. The number of carbonyl (C=O) groups excluding carboxylic acids is 2. The zero-order valence-electron chi connectivity index (χ0n) is 15.7.